The molecule has 1 aromatic heterocycles. The maximum Gasteiger partial charge on any atom is 0.0488 e. The lowest BCUT2D eigenvalue weighted by molar-refractivity contribution is 0.410. The van der Waals surface area contributed by atoms with Crippen LogP contribution in [-0.2, 0) is 12.0 Å². The molecule has 2 heteroatoms. The average molecular weight is 230 g/mol. The molecule has 0 atom stereocenters. The summed E-state index contributed by atoms with van der Waals surface area (Å²) in [6.45, 7) is 7.78. The first-order valence-corrected chi connectivity index (χ1v) is 6.28. The zero-order valence-corrected chi connectivity index (χ0v) is 11.2. The van der Waals surface area contributed by atoms with Gasteiger partial charge in [-0.1, -0.05) is 18.2 Å². The summed E-state index contributed by atoms with van der Waals surface area (Å²) < 4.78 is 2.38. The highest BCUT2D eigenvalue weighted by Crippen LogP contribution is 2.27. The molecule has 0 aliphatic carbocycles. The molecule has 0 radical (unpaired) electrons. The second kappa shape index (κ2) is 4.53. The van der Waals surface area contributed by atoms with Crippen molar-refractivity contribution in [3.63, 3.8) is 0 Å². The van der Waals surface area contributed by atoms with E-state index < -0.39 is 0 Å². The van der Waals surface area contributed by atoms with E-state index in [9.17, 15) is 0 Å². The smallest absolute Gasteiger partial charge is 0.0488 e. The fourth-order valence-electron chi connectivity index (χ4n) is 2.26. The Labute approximate surface area is 104 Å². The van der Waals surface area contributed by atoms with Crippen molar-refractivity contribution >= 4 is 10.9 Å². The number of nitrogens with zero attached hydrogens (tertiary/aromatic N) is 1. The van der Waals surface area contributed by atoms with Crippen LogP contribution < -0.4 is 5.32 Å². The van der Waals surface area contributed by atoms with Crippen molar-refractivity contribution in [2.45, 2.75) is 32.7 Å². The van der Waals surface area contributed by atoms with Gasteiger partial charge in [-0.3, -0.25) is 0 Å². The first-order valence-electron chi connectivity index (χ1n) is 6.28. The molecular weight excluding hydrogens is 208 g/mol. The third-order valence-electron chi connectivity index (χ3n) is 3.16. The summed E-state index contributed by atoms with van der Waals surface area (Å²) in [5, 5.41) is 4.61. The summed E-state index contributed by atoms with van der Waals surface area (Å²) in [7, 11) is 2.00. The van der Waals surface area contributed by atoms with Crippen LogP contribution in [0.1, 0.15) is 26.3 Å². The highest BCUT2D eigenvalue weighted by Gasteiger charge is 2.17. The van der Waals surface area contributed by atoms with Crippen molar-refractivity contribution in [3.05, 3.63) is 36.0 Å². The van der Waals surface area contributed by atoms with Gasteiger partial charge in [0, 0.05) is 22.6 Å². The second-order valence-corrected chi connectivity index (χ2v) is 5.57. The molecule has 1 aromatic carbocycles. The van der Waals surface area contributed by atoms with Crippen molar-refractivity contribution in [1.82, 2.24) is 9.88 Å². The van der Waals surface area contributed by atoms with E-state index in [2.05, 4.69) is 61.1 Å². The van der Waals surface area contributed by atoms with E-state index in [-0.39, 0.29) is 5.54 Å². The van der Waals surface area contributed by atoms with E-state index in [1.165, 1.54) is 16.5 Å². The molecule has 2 nitrogen and oxygen atoms in total. The zero-order chi connectivity index (χ0) is 12.5. The van der Waals surface area contributed by atoms with Gasteiger partial charge < -0.3 is 9.88 Å². The van der Waals surface area contributed by atoms with Crippen LogP contribution in [0.15, 0.2) is 30.5 Å². The van der Waals surface area contributed by atoms with Gasteiger partial charge in [-0.25, -0.2) is 0 Å². The minimum atomic E-state index is 0.136. The number of aromatic nitrogens is 1. The molecule has 92 valence electrons. The molecule has 2 rings (SSSR count). The van der Waals surface area contributed by atoms with Gasteiger partial charge in [0.25, 0.3) is 0 Å². The Balaban J connectivity index is 2.55. The van der Waals surface area contributed by atoms with Crippen LogP contribution in [0, 0.1) is 0 Å². The van der Waals surface area contributed by atoms with E-state index in [0.29, 0.717) is 0 Å². The Hall–Kier alpha value is -1.28. The summed E-state index contributed by atoms with van der Waals surface area (Å²) in [5.74, 6) is 0. The van der Waals surface area contributed by atoms with Gasteiger partial charge in [-0.15, -0.1) is 0 Å². The van der Waals surface area contributed by atoms with Crippen molar-refractivity contribution in [2.75, 3.05) is 13.6 Å². The predicted octanol–water partition coefficient (Wildman–Crippen LogP) is 3.16. The molecule has 1 N–H and O–H groups in total. The first-order chi connectivity index (χ1) is 8.04. The molecule has 0 bridgehead atoms. The normalized spacial score (nSPS) is 12.2. The second-order valence-electron chi connectivity index (χ2n) is 5.57. The van der Waals surface area contributed by atoms with Crippen molar-refractivity contribution in [2.24, 2.45) is 0 Å². The molecule has 2 aromatic rings. The van der Waals surface area contributed by atoms with E-state index in [0.717, 1.165) is 13.0 Å². The maximum atomic E-state index is 3.22. The highest BCUT2D eigenvalue weighted by atomic mass is 15.0. The molecule has 0 saturated carbocycles. The molecule has 0 aliphatic rings. The number of para-hydroxylation sites is 1. The van der Waals surface area contributed by atoms with Crippen molar-refractivity contribution < 1.29 is 0 Å². The Morgan fingerprint density at radius 1 is 1.18 bits per heavy atom. The molecule has 0 amide bonds. The standard InChI is InChI=1S/C15H22N2/c1-15(2,3)17-11-12(9-10-16-4)13-7-5-6-8-14(13)17/h5-8,11,16H,9-10H2,1-4H3. The van der Waals surface area contributed by atoms with E-state index in [1.807, 2.05) is 7.05 Å². The Kier molecular flexibility index (Phi) is 3.25. The Morgan fingerprint density at radius 2 is 1.88 bits per heavy atom. The van der Waals surface area contributed by atoms with Crippen molar-refractivity contribution in [3.8, 4) is 0 Å². The number of likely N-dealkylation sites (N-methyl/N-ethyl adjacent to an activating group) is 1. The fourth-order valence-corrected chi connectivity index (χ4v) is 2.26. The molecular formula is C15H22N2. The minimum absolute atomic E-state index is 0.136. The molecule has 17 heavy (non-hydrogen) atoms. The molecule has 0 unspecified atom stereocenters. The van der Waals surface area contributed by atoms with Crippen LogP contribution in [0.5, 0.6) is 0 Å². The average Bonchev–Trinajstić information content (AvgIpc) is 2.65. The van der Waals surface area contributed by atoms with Gasteiger partial charge in [0.15, 0.2) is 0 Å². The van der Waals surface area contributed by atoms with Gasteiger partial charge in [-0.05, 0) is 52.4 Å². The molecule has 0 saturated heterocycles. The van der Waals surface area contributed by atoms with E-state index in [4.69, 9.17) is 0 Å². The Morgan fingerprint density at radius 3 is 2.53 bits per heavy atom. The summed E-state index contributed by atoms with van der Waals surface area (Å²) in [5.41, 5.74) is 2.91. The number of fused-ring (bicyclic) bond motifs is 1. The molecule has 1 heterocycles. The third kappa shape index (κ3) is 2.37. The zero-order valence-electron chi connectivity index (χ0n) is 11.2. The molecule has 0 spiro atoms. The lowest BCUT2D eigenvalue weighted by Gasteiger charge is -2.22. The highest BCUT2D eigenvalue weighted by molar-refractivity contribution is 5.84. The summed E-state index contributed by atoms with van der Waals surface area (Å²) in [6.07, 6.45) is 3.39. The van der Waals surface area contributed by atoms with Gasteiger partial charge in [0.05, 0.1) is 0 Å². The van der Waals surface area contributed by atoms with E-state index >= 15 is 0 Å². The van der Waals surface area contributed by atoms with Gasteiger partial charge >= 0.3 is 0 Å². The predicted molar refractivity (Wildman–Crippen MR) is 74.6 cm³/mol. The first kappa shape index (κ1) is 12.2. The van der Waals surface area contributed by atoms with Crippen LogP contribution in [0.3, 0.4) is 0 Å². The van der Waals surface area contributed by atoms with Crippen LogP contribution in [-0.4, -0.2) is 18.2 Å². The van der Waals surface area contributed by atoms with Gasteiger partial charge in [-0.2, -0.15) is 0 Å². The van der Waals surface area contributed by atoms with Gasteiger partial charge in [0.1, 0.15) is 0 Å². The maximum absolute atomic E-state index is 3.22. The summed E-state index contributed by atoms with van der Waals surface area (Å²) in [4.78, 5) is 0. The summed E-state index contributed by atoms with van der Waals surface area (Å²) in [6, 6.07) is 8.68. The van der Waals surface area contributed by atoms with Crippen LogP contribution in [0.25, 0.3) is 10.9 Å². The topological polar surface area (TPSA) is 17.0 Å². The molecule has 0 fully saturated rings. The third-order valence-corrected chi connectivity index (χ3v) is 3.16. The SMILES string of the molecule is CNCCc1cn(C(C)(C)C)c2ccccc12. The van der Waals surface area contributed by atoms with Crippen molar-refractivity contribution in [1.29, 1.82) is 0 Å². The lowest BCUT2D eigenvalue weighted by atomic mass is 10.1. The lowest BCUT2D eigenvalue weighted by Crippen LogP contribution is -2.20. The van der Waals surface area contributed by atoms with E-state index in [1.54, 1.807) is 0 Å². The largest absolute Gasteiger partial charge is 0.342 e. The van der Waals surface area contributed by atoms with Crippen LogP contribution >= 0.6 is 0 Å². The fraction of sp³-hybridized carbons (Fsp3) is 0.467. The number of rotatable bonds is 3. The van der Waals surface area contributed by atoms with Crippen LogP contribution in [0.4, 0.5) is 0 Å². The Bertz CT molecular complexity index is 503. The number of hydrogen-bond donors (Lipinski definition) is 1. The quantitative estimate of drug-likeness (QED) is 0.857. The van der Waals surface area contributed by atoms with Gasteiger partial charge in [0.2, 0.25) is 0 Å². The number of nitrogens with one attached hydrogen (secondary N) is 1. The molecule has 0 aliphatic heterocycles. The number of hydrogen-bond acceptors (Lipinski definition) is 1. The van der Waals surface area contributed by atoms with Crippen LogP contribution in [0.2, 0.25) is 0 Å². The number of benzene rings is 1. The minimum Gasteiger partial charge on any atom is -0.342 e. The summed E-state index contributed by atoms with van der Waals surface area (Å²) >= 11 is 0. The monoisotopic (exact) mass is 230 g/mol.